The molecule has 0 spiro atoms. The van der Waals surface area contributed by atoms with Crippen molar-refractivity contribution >= 4 is 0 Å². The molecule has 0 aromatic heterocycles. The molecule has 0 aliphatic rings. The fourth-order valence-electron chi connectivity index (χ4n) is 1.87. The van der Waals surface area contributed by atoms with E-state index in [-0.39, 0.29) is 11.9 Å². The molecule has 3 heteroatoms. The number of ether oxygens (including phenoxy) is 1. The van der Waals surface area contributed by atoms with Crippen molar-refractivity contribution in [2.45, 2.75) is 26.3 Å². The zero-order valence-corrected chi connectivity index (χ0v) is 11.2. The number of benzene rings is 2. The molecule has 0 heterocycles. The van der Waals surface area contributed by atoms with E-state index in [1.807, 2.05) is 31.2 Å². The molecule has 1 unspecified atom stereocenters. The van der Waals surface area contributed by atoms with Gasteiger partial charge in [-0.1, -0.05) is 19.1 Å². The number of rotatable bonds is 4. The molecule has 0 aliphatic carbocycles. The third-order valence-electron chi connectivity index (χ3n) is 3.11. The van der Waals surface area contributed by atoms with Crippen LogP contribution < -0.4 is 10.5 Å². The van der Waals surface area contributed by atoms with Gasteiger partial charge in [0.05, 0.1) is 0 Å². The van der Waals surface area contributed by atoms with Crippen molar-refractivity contribution in [1.29, 1.82) is 0 Å². The van der Waals surface area contributed by atoms with E-state index in [0.717, 1.165) is 23.3 Å². The average Bonchev–Trinajstić information content (AvgIpc) is 2.42. The van der Waals surface area contributed by atoms with Crippen LogP contribution in [-0.2, 0) is 0 Å². The van der Waals surface area contributed by atoms with Gasteiger partial charge in [0.25, 0.3) is 0 Å². The molecule has 0 radical (unpaired) electrons. The zero-order chi connectivity index (χ0) is 13.8. The Balaban J connectivity index is 2.15. The summed E-state index contributed by atoms with van der Waals surface area (Å²) in [5.41, 5.74) is 7.82. The summed E-state index contributed by atoms with van der Waals surface area (Å²) in [6.07, 6.45) is 0.900. The predicted octanol–water partition coefficient (Wildman–Crippen LogP) is 4.34. The summed E-state index contributed by atoms with van der Waals surface area (Å²) in [6.45, 7) is 3.87. The zero-order valence-electron chi connectivity index (χ0n) is 11.2. The van der Waals surface area contributed by atoms with Crippen LogP contribution in [0.5, 0.6) is 11.5 Å². The first kappa shape index (κ1) is 13.6. The van der Waals surface area contributed by atoms with Gasteiger partial charge in [0, 0.05) is 6.04 Å². The molecule has 0 amide bonds. The highest BCUT2D eigenvalue weighted by molar-refractivity contribution is 5.38. The maximum atomic E-state index is 13.0. The summed E-state index contributed by atoms with van der Waals surface area (Å²) < 4.78 is 18.7. The summed E-state index contributed by atoms with van der Waals surface area (Å²) >= 11 is 0. The first-order valence-corrected chi connectivity index (χ1v) is 6.39. The SMILES string of the molecule is CCC(N)c1ccc(Oc2ccc(F)cc2C)cc1. The van der Waals surface area contributed by atoms with Crippen molar-refractivity contribution in [2.75, 3.05) is 0 Å². The number of halogens is 1. The number of hydrogen-bond acceptors (Lipinski definition) is 2. The fraction of sp³-hybridized carbons (Fsp3) is 0.250. The van der Waals surface area contributed by atoms with E-state index in [2.05, 4.69) is 6.92 Å². The van der Waals surface area contributed by atoms with Crippen LogP contribution >= 0.6 is 0 Å². The van der Waals surface area contributed by atoms with Gasteiger partial charge < -0.3 is 10.5 Å². The summed E-state index contributed by atoms with van der Waals surface area (Å²) in [6, 6.07) is 12.2. The van der Waals surface area contributed by atoms with Crippen LogP contribution in [0.25, 0.3) is 0 Å². The van der Waals surface area contributed by atoms with Crippen molar-refractivity contribution < 1.29 is 9.13 Å². The lowest BCUT2D eigenvalue weighted by atomic mass is 10.1. The van der Waals surface area contributed by atoms with Gasteiger partial charge in [0.15, 0.2) is 0 Å². The molecule has 2 nitrogen and oxygen atoms in total. The van der Waals surface area contributed by atoms with E-state index < -0.39 is 0 Å². The summed E-state index contributed by atoms with van der Waals surface area (Å²) in [5.74, 6) is 1.13. The minimum Gasteiger partial charge on any atom is -0.457 e. The highest BCUT2D eigenvalue weighted by atomic mass is 19.1. The monoisotopic (exact) mass is 259 g/mol. The predicted molar refractivity (Wildman–Crippen MR) is 74.9 cm³/mol. The lowest BCUT2D eigenvalue weighted by Crippen LogP contribution is -2.08. The van der Waals surface area contributed by atoms with Crippen molar-refractivity contribution in [3.63, 3.8) is 0 Å². The maximum absolute atomic E-state index is 13.0. The number of nitrogens with two attached hydrogens (primary N) is 1. The van der Waals surface area contributed by atoms with Gasteiger partial charge in [0.2, 0.25) is 0 Å². The van der Waals surface area contributed by atoms with E-state index in [9.17, 15) is 4.39 Å². The van der Waals surface area contributed by atoms with Crippen LogP contribution in [0.4, 0.5) is 4.39 Å². The quantitative estimate of drug-likeness (QED) is 0.886. The normalized spacial score (nSPS) is 12.2. The lowest BCUT2D eigenvalue weighted by molar-refractivity contribution is 0.476. The Labute approximate surface area is 113 Å². The van der Waals surface area contributed by atoms with Crippen molar-refractivity contribution in [1.82, 2.24) is 0 Å². The van der Waals surface area contributed by atoms with Crippen LogP contribution in [0.2, 0.25) is 0 Å². The summed E-state index contributed by atoms with van der Waals surface area (Å²) in [7, 11) is 0. The molecular formula is C16H18FNO. The highest BCUT2D eigenvalue weighted by Gasteiger charge is 2.05. The molecular weight excluding hydrogens is 241 g/mol. The van der Waals surface area contributed by atoms with Gasteiger partial charge in [-0.25, -0.2) is 4.39 Å². The smallest absolute Gasteiger partial charge is 0.130 e. The fourth-order valence-corrected chi connectivity index (χ4v) is 1.87. The Hall–Kier alpha value is -1.87. The van der Waals surface area contributed by atoms with Crippen LogP contribution in [0.3, 0.4) is 0 Å². The minimum absolute atomic E-state index is 0.0570. The molecule has 0 aliphatic heterocycles. The van der Waals surface area contributed by atoms with Crippen molar-refractivity contribution in [2.24, 2.45) is 5.73 Å². The van der Waals surface area contributed by atoms with Crippen molar-refractivity contribution in [3.8, 4) is 11.5 Å². The molecule has 0 fully saturated rings. The molecule has 0 saturated carbocycles. The summed E-state index contributed by atoms with van der Waals surface area (Å²) in [4.78, 5) is 0. The van der Waals surface area contributed by atoms with Gasteiger partial charge in [-0.3, -0.25) is 0 Å². The Morgan fingerprint density at radius 3 is 2.42 bits per heavy atom. The van der Waals surface area contributed by atoms with E-state index in [1.54, 1.807) is 6.07 Å². The molecule has 2 aromatic rings. The average molecular weight is 259 g/mol. The molecule has 19 heavy (non-hydrogen) atoms. The maximum Gasteiger partial charge on any atom is 0.130 e. The molecule has 100 valence electrons. The van der Waals surface area contributed by atoms with Crippen LogP contribution in [0, 0.1) is 12.7 Å². The first-order valence-electron chi connectivity index (χ1n) is 6.39. The van der Waals surface area contributed by atoms with Crippen LogP contribution in [0.1, 0.15) is 30.5 Å². The molecule has 2 rings (SSSR count). The third kappa shape index (κ3) is 3.32. The molecule has 0 bridgehead atoms. The van der Waals surface area contributed by atoms with Crippen LogP contribution in [0.15, 0.2) is 42.5 Å². The second-order valence-corrected chi connectivity index (χ2v) is 4.60. The van der Waals surface area contributed by atoms with E-state index in [4.69, 9.17) is 10.5 Å². The minimum atomic E-state index is -0.255. The lowest BCUT2D eigenvalue weighted by Gasteiger charge is -2.11. The number of hydrogen-bond donors (Lipinski definition) is 1. The van der Waals surface area contributed by atoms with Gasteiger partial charge in [0.1, 0.15) is 17.3 Å². The second-order valence-electron chi connectivity index (χ2n) is 4.60. The Morgan fingerprint density at radius 2 is 1.84 bits per heavy atom. The van der Waals surface area contributed by atoms with Gasteiger partial charge in [-0.05, 0) is 54.8 Å². The summed E-state index contributed by atoms with van der Waals surface area (Å²) in [5, 5.41) is 0. The molecule has 2 aromatic carbocycles. The molecule has 1 atom stereocenters. The van der Waals surface area contributed by atoms with Gasteiger partial charge in [-0.15, -0.1) is 0 Å². The third-order valence-corrected chi connectivity index (χ3v) is 3.11. The Morgan fingerprint density at radius 1 is 1.16 bits per heavy atom. The Kier molecular flexibility index (Phi) is 4.17. The molecule has 2 N–H and O–H groups in total. The first-order chi connectivity index (χ1) is 9.10. The Bertz CT molecular complexity index is 551. The van der Waals surface area contributed by atoms with Gasteiger partial charge in [-0.2, -0.15) is 0 Å². The largest absolute Gasteiger partial charge is 0.457 e. The van der Waals surface area contributed by atoms with Crippen LogP contribution in [-0.4, -0.2) is 0 Å². The van der Waals surface area contributed by atoms with Gasteiger partial charge >= 0.3 is 0 Å². The topological polar surface area (TPSA) is 35.2 Å². The van der Waals surface area contributed by atoms with E-state index in [0.29, 0.717) is 5.75 Å². The van der Waals surface area contributed by atoms with E-state index in [1.165, 1.54) is 12.1 Å². The molecule has 0 saturated heterocycles. The van der Waals surface area contributed by atoms with Crippen molar-refractivity contribution in [3.05, 3.63) is 59.4 Å². The second kappa shape index (κ2) is 5.85. The highest BCUT2D eigenvalue weighted by Crippen LogP contribution is 2.26. The standard InChI is InChI=1S/C16H18FNO/c1-3-15(18)12-4-7-14(8-5-12)19-16-9-6-13(17)10-11(16)2/h4-10,15H,3,18H2,1-2H3. The van der Waals surface area contributed by atoms with E-state index >= 15 is 0 Å². The number of aryl methyl sites for hydroxylation is 1.